The molecular formula is C28H33N3O3. The minimum atomic E-state index is -0.405. The van der Waals surface area contributed by atoms with Crippen molar-refractivity contribution in [2.24, 2.45) is 5.41 Å². The molecule has 0 atom stereocenters. The lowest BCUT2D eigenvalue weighted by molar-refractivity contribution is -0.134. The summed E-state index contributed by atoms with van der Waals surface area (Å²) in [4.78, 5) is 31.8. The fourth-order valence-corrected chi connectivity index (χ4v) is 5.49. The number of aromatic nitrogens is 1. The second-order valence-electron chi connectivity index (χ2n) is 9.59. The number of benzene rings is 2. The number of para-hydroxylation sites is 1. The summed E-state index contributed by atoms with van der Waals surface area (Å²) in [6.45, 7) is 2.17. The van der Waals surface area contributed by atoms with Crippen molar-refractivity contribution in [3.05, 3.63) is 65.9 Å². The highest BCUT2D eigenvalue weighted by Gasteiger charge is 2.41. The van der Waals surface area contributed by atoms with Crippen LogP contribution in [0.5, 0.6) is 5.75 Å². The van der Waals surface area contributed by atoms with Crippen molar-refractivity contribution in [3.63, 3.8) is 0 Å². The molecule has 2 aliphatic rings. The van der Waals surface area contributed by atoms with Crippen molar-refractivity contribution in [2.75, 3.05) is 26.2 Å². The summed E-state index contributed by atoms with van der Waals surface area (Å²) in [6, 6.07) is 16.0. The number of H-pyrrole nitrogens is 1. The molecular weight excluding hydrogens is 426 g/mol. The van der Waals surface area contributed by atoms with Crippen LogP contribution in [0, 0.1) is 5.41 Å². The lowest BCUT2D eigenvalue weighted by Gasteiger charge is -2.41. The molecule has 0 saturated carbocycles. The number of aromatic amines is 1. The van der Waals surface area contributed by atoms with Crippen LogP contribution in [0.4, 0.5) is 0 Å². The molecule has 6 nitrogen and oxygen atoms in total. The molecule has 0 aliphatic carbocycles. The number of carbonyl (C=O) groups excluding carboxylic acids is 2. The lowest BCUT2D eigenvalue weighted by Crippen LogP contribution is -2.50. The maximum atomic E-state index is 13.4. The SMILES string of the molecule is O=C(c1cccc2[nH]ccc12)N1CCC2(CCCCCc3ccccc3OCCNC2=O)CC1. The number of fused-ring (bicyclic) bond motifs is 2. The normalized spacial score (nSPS) is 19.3. The van der Waals surface area contributed by atoms with Crippen LogP contribution in [-0.2, 0) is 11.2 Å². The van der Waals surface area contributed by atoms with Crippen LogP contribution < -0.4 is 10.1 Å². The molecule has 1 saturated heterocycles. The van der Waals surface area contributed by atoms with Crippen LogP contribution in [-0.4, -0.2) is 47.9 Å². The number of aryl methyl sites for hydroxylation is 1. The molecule has 0 bridgehead atoms. The minimum absolute atomic E-state index is 0.0521. The first-order valence-electron chi connectivity index (χ1n) is 12.5. The Morgan fingerprint density at radius 1 is 0.941 bits per heavy atom. The summed E-state index contributed by atoms with van der Waals surface area (Å²) in [6.07, 6.45) is 8.34. The number of likely N-dealkylation sites (tertiary alicyclic amines) is 1. The number of nitrogens with one attached hydrogen (secondary N) is 2. The number of carbonyl (C=O) groups is 2. The minimum Gasteiger partial charge on any atom is -0.491 e. The van der Waals surface area contributed by atoms with Crippen molar-refractivity contribution in [3.8, 4) is 5.75 Å². The van der Waals surface area contributed by atoms with Crippen LogP contribution in [0.1, 0.15) is 54.4 Å². The Hall–Kier alpha value is -3.28. The standard InChI is InChI=1S/C28H33N3O3/c32-26(23-9-6-10-24-22(23)12-16-29-24)31-18-14-28(15-19-31)13-5-1-2-7-21-8-3-4-11-25(21)34-20-17-30-27(28)33/h3-4,6,8-12,16,29H,1-2,5,7,13-15,17-20H2,(H,30,33). The highest BCUT2D eigenvalue weighted by molar-refractivity contribution is 6.06. The first kappa shape index (κ1) is 22.5. The molecule has 1 aromatic heterocycles. The summed E-state index contributed by atoms with van der Waals surface area (Å²) >= 11 is 0. The topological polar surface area (TPSA) is 74.4 Å². The summed E-state index contributed by atoms with van der Waals surface area (Å²) < 4.78 is 5.98. The molecule has 1 fully saturated rings. The van der Waals surface area contributed by atoms with Gasteiger partial charge in [-0.25, -0.2) is 0 Å². The fraction of sp³-hybridized carbons (Fsp3) is 0.429. The molecule has 0 radical (unpaired) electrons. The molecule has 2 aromatic carbocycles. The number of amides is 2. The molecule has 0 unspecified atom stereocenters. The zero-order chi connectivity index (χ0) is 23.4. The monoisotopic (exact) mass is 459 g/mol. The van der Waals surface area contributed by atoms with E-state index in [1.165, 1.54) is 5.56 Å². The predicted molar refractivity (Wildman–Crippen MR) is 133 cm³/mol. The molecule has 178 valence electrons. The van der Waals surface area contributed by atoms with E-state index in [2.05, 4.69) is 22.4 Å². The molecule has 34 heavy (non-hydrogen) atoms. The van der Waals surface area contributed by atoms with Crippen molar-refractivity contribution in [1.82, 2.24) is 15.2 Å². The highest BCUT2D eigenvalue weighted by atomic mass is 16.5. The van der Waals surface area contributed by atoms with Crippen molar-refractivity contribution in [2.45, 2.75) is 44.9 Å². The zero-order valence-electron chi connectivity index (χ0n) is 19.6. The van der Waals surface area contributed by atoms with Crippen LogP contribution in [0.15, 0.2) is 54.7 Å². The van der Waals surface area contributed by atoms with Gasteiger partial charge in [0.25, 0.3) is 5.91 Å². The van der Waals surface area contributed by atoms with Crippen LogP contribution >= 0.6 is 0 Å². The number of piperidine rings is 1. The van der Waals surface area contributed by atoms with Crippen molar-refractivity contribution < 1.29 is 14.3 Å². The average Bonchev–Trinajstić information content (AvgIpc) is 3.36. The first-order valence-corrected chi connectivity index (χ1v) is 12.5. The van der Waals surface area contributed by atoms with E-state index >= 15 is 0 Å². The number of nitrogens with zero attached hydrogens (tertiary/aromatic N) is 1. The van der Waals surface area contributed by atoms with E-state index in [-0.39, 0.29) is 11.8 Å². The smallest absolute Gasteiger partial charge is 0.254 e. The van der Waals surface area contributed by atoms with Crippen LogP contribution in [0.3, 0.4) is 0 Å². The van der Waals surface area contributed by atoms with Gasteiger partial charge in [0, 0.05) is 35.8 Å². The molecule has 6 heteroatoms. The van der Waals surface area contributed by atoms with Crippen LogP contribution in [0.25, 0.3) is 10.9 Å². The Balaban J connectivity index is 1.26. The number of hydrogen-bond acceptors (Lipinski definition) is 3. The molecule has 3 aromatic rings. The Kier molecular flexibility index (Phi) is 6.57. The summed E-state index contributed by atoms with van der Waals surface area (Å²) in [5, 5.41) is 4.09. The van der Waals surface area contributed by atoms with E-state index in [9.17, 15) is 9.59 Å². The Labute approximate surface area is 200 Å². The Morgan fingerprint density at radius 3 is 2.68 bits per heavy atom. The average molecular weight is 460 g/mol. The number of hydrogen-bond donors (Lipinski definition) is 2. The van der Waals surface area contributed by atoms with Gasteiger partial charge >= 0.3 is 0 Å². The Bertz CT molecular complexity index is 1160. The second kappa shape index (κ2) is 9.92. The van der Waals surface area contributed by atoms with Gasteiger partial charge in [0.15, 0.2) is 0 Å². The largest absolute Gasteiger partial charge is 0.491 e. The third-order valence-corrected chi connectivity index (χ3v) is 7.53. The molecule has 1 spiro atoms. The van der Waals surface area contributed by atoms with Gasteiger partial charge in [-0.3, -0.25) is 9.59 Å². The fourth-order valence-electron chi connectivity index (χ4n) is 5.49. The molecule has 3 heterocycles. The van der Waals surface area contributed by atoms with Crippen molar-refractivity contribution >= 4 is 22.7 Å². The first-order chi connectivity index (χ1) is 16.7. The highest BCUT2D eigenvalue weighted by Crippen LogP contribution is 2.38. The van der Waals surface area contributed by atoms with Gasteiger partial charge in [0.2, 0.25) is 5.91 Å². The summed E-state index contributed by atoms with van der Waals surface area (Å²) in [5.74, 6) is 1.09. The summed E-state index contributed by atoms with van der Waals surface area (Å²) in [5.41, 5.74) is 2.54. The molecule has 5 rings (SSSR count). The van der Waals surface area contributed by atoms with E-state index in [0.29, 0.717) is 39.1 Å². The van der Waals surface area contributed by atoms with E-state index < -0.39 is 5.41 Å². The maximum absolute atomic E-state index is 13.4. The number of ether oxygens (including phenoxy) is 1. The van der Waals surface area contributed by atoms with Gasteiger partial charge < -0.3 is 19.9 Å². The van der Waals surface area contributed by atoms with Crippen molar-refractivity contribution in [1.29, 1.82) is 0 Å². The Morgan fingerprint density at radius 2 is 1.79 bits per heavy atom. The van der Waals surface area contributed by atoms with E-state index in [0.717, 1.165) is 54.3 Å². The molecule has 2 amide bonds. The zero-order valence-corrected chi connectivity index (χ0v) is 19.6. The quantitative estimate of drug-likeness (QED) is 0.554. The van der Waals surface area contributed by atoms with Gasteiger partial charge in [0.1, 0.15) is 12.4 Å². The maximum Gasteiger partial charge on any atom is 0.254 e. The number of rotatable bonds is 1. The van der Waals surface area contributed by atoms with Gasteiger partial charge in [-0.05, 0) is 61.9 Å². The van der Waals surface area contributed by atoms with E-state index in [4.69, 9.17) is 4.74 Å². The van der Waals surface area contributed by atoms with Gasteiger partial charge in [0.05, 0.1) is 12.0 Å². The lowest BCUT2D eigenvalue weighted by atomic mass is 9.73. The van der Waals surface area contributed by atoms with E-state index in [1.807, 2.05) is 47.5 Å². The van der Waals surface area contributed by atoms with E-state index in [1.54, 1.807) is 0 Å². The third kappa shape index (κ3) is 4.54. The molecule has 2 aliphatic heterocycles. The second-order valence-corrected chi connectivity index (χ2v) is 9.59. The molecule has 2 N–H and O–H groups in total. The third-order valence-electron chi connectivity index (χ3n) is 7.53. The predicted octanol–water partition coefficient (Wildman–Crippen LogP) is 4.70. The van der Waals surface area contributed by atoms with Gasteiger partial charge in [-0.2, -0.15) is 0 Å². The van der Waals surface area contributed by atoms with Gasteiger partial charge in [-0.15, -0.1) is 0 Å². The summed E-state index contributed by atoms with van der Waals surface area (Å²) in [7, 11) is 0. The van der Waals surface area contributed by atoms with Crippen LogP contribution in [0.2, 0.25) is 0 Å². The van der Waals surface area contributed by atoms with Gasteiger partial charge in [-0.1, -0.05) is 37.1 Å².